The summed E-state index contributed by atoms with van der Waals surface area (Å²) >= 11 is 1.76. The van der Waals surface area contributed by atoms with Crippen molar-refractivity contribution >= 4 is 23.5 Å². The van der Waals surface area contributed by atoms with Crippen molar-refractivity contribution in [1.82, 2.24) is 10.2 Å². The zero-order valence-electron chi connectivity index (χ0n) is 11.9. The average Bonchev–Trinajstić information content (AvgIpc) is 3.06. The van der Waals surface area contributed by atoms with Gasteiger partial charge >= 0.3 is 0 Å². The highest BCUT2D eigenvalue weighted by atomic mass is 32.2. The quantitative estimate of drug-likeness (QED) is 0.836. The number of hydrogen-bond donors (Lipinski definition) is 2. The van der Waals surface area contributed by atoms with Crippen molar-refractivity contribution in [3.8, 4) is 0 Å². The minimum absolute atomic E-state index is 0.117. The molecule has 110 valence electrons. The summed E-state index contributed by atoms with van der Waals surface area (Å²) in [6.07, 6.45) is 9.96. The summed E-state index contributed by atoms with van der Waals surface area (Å²) in [6, 6.07) is 2.04. The van der Waals surface area contributed by atoms with Gasteiger partial charge in [-0.05, 0) is 31.4 Å². The lowest BCUT2D eigenvalue weighted by Gasteiger charge is -2.10. The van der Waals surface area contributed by atoms with Gasteiger partial charge in [0, 0.05) is 17.7 Å². The Labute approximate surface area is 124 Å². The van der Waals surface area contributed by atoms with E-state index in [9.17, 15) is 4.79 Å². The molecule has 4 nitrogen and oxygen atoms in total. The highest BCUT2D eigenvalue weighted by molar-refractivity contribution is 8.00. The molecule has 20 heavy (non-hydrogen) atoms. The Balaban J connectivity index is 1.59. The van der Waals surface area contributed by atoms with Crippen molar-refractivity contribution in [1.29, 1.82) is 0 Å². The molecule has 1 saturated carbocycles. The van der Waals surface area contributed by atoms with E-state index in [1.165, 1.54) is 44.2 Å². The third-order valence-electron chi connectivity index (χ3n) is 4.37. The number of carbonyl (C=O) groups is 1. The Hall–Kier alpha value is -0.970. The third kappa shape index (κ3) is 3.37. The molecule has 1 saturated heterocycles. The molecule has 2 heterocycles. The van der Waals surface area contributed by atoms with Crippen molar-refractivity contribution in [2.45, 2.75) is 62.5 Å². The first-order chi connectivity index (χ1) is 9.83. The normalized spacial score (nSPS) is 24.5. The number of anilines is 1. The predicted octanol–water partition coefficient (Wildman–Crippen LogP) is 3.68. The Kier molecular flexibility index (Phi) is 4.65. The van der Waals surface area contributed by atoms with E-state index in [1.807, 2.05) is 6.07 Å². The summed E-state index contributed by atoms with van der Waals surface area (Å²) in [5, 5.41) is 10.5. The highest BCUT2D eigenvalue weighted by Crippen LogP contribution is 2.32. The van der Waals surface area contributed by atoms with Crippen molar-refractivity contribution in [3.63, 3.8) is 0 Å². The minimum Gasteiger partial charge on any atom is -0.308 e. The molecule has 0 radical (unpaired) electrons. The zero-order valence-corrected chi connectivity index (χ0v) is 12.7. The molecule has 1 aromatic heterocycles. The largest absolute Gasteiger partial charge is 0.308 e. The SMILES string of the molecule is O=C(Nc1cc(C2CCCCCC2)[nH]n1)C1CCCS1. The van der Waals surface area contributed by atoms with E-state index < -0.39 is 0 Å². The number of H-pyrrole nitrogens is 1. The van der Waals surface area contributed by atoms with Gasteiger partial charge in [0.15, 0.2) is 5.82 Å². The van der Waals surface area contributed by atoms with Gasteiger partial charge in [-0.25, -0.2) is 0 Å². The van der Waals surface area contributed by atoms with Gasteiger partial charge in [-0.3, -0.25) is 9.89 Å². The van der Waals surface area contributed by atoms with Crippen molar-refractivity contribution in [2.75, 3.05) is 11.1 Å². The van der Waals surface area contributed by atoms with E-state index in [0.29, 0.717) is 11.7 Å². The molecule has 1 aromatic rings. The fourth-order valence-electron chi connectivity index (χ4n) is 3.19. The van der Waals surface area contributed by atoms with Gasteiger partial charge in [0.2, 0.25) is 5.91 Å². The second kappa shape index (κ2) is 6.66. The number of carbonyl (C=O) groups excluding carboxylic acids is 1. The molecule has 0 bridgehead atoms. The monoisotopic (exact) mass is 293 g/mol. The summed E-state index contributed by atoms with van der Waals surface area (Å²) < 4.78 is 0. The van der Waals surface area contributed by atoms with E-state index in [2.05, 4.69) is 15.5 Å². The van der Waals surface area contributed by atoms with Gasteiger partial charge in [0.1, 0.15) is 0 Å². The highest BCUT2D eigenvalue weighted by Gasteiger charge is 2.24. The molecule has 5 heteroatoms. The maximum atomic E-state index is 12.1. The van der Waals surface area contributed by atoms with Crippen LogP contribution in [0.5, 0.6) is 0 Å². The Morgan fingerprint density at radius 3 is 2.70 bits per heavy atom. The molecule has 3 rings (SSSR count). The molecule has 1 unspecified atom stereocenters. The smallest absolute Gasteiger partial charge is 0.238 e. The number of thioether (sulfide) groups is 1. The summed E-state index contributed by atoms with van der Waals surface area (Å²) in [6.45, 7) is 0. The molecule has 1 atom stereocenters. The Morgan fingerprint density at radius 2 is 2.00 bits per heavy atom. The van der Waals surface area contributed by atoms with Gasteiger partial charge in [-0.1, -0.05) is 25.7 Å². The van der Waals surface area contributed by atoms with E-state index in [4.69, 9.17) is 0 Å². The minimum atomic E-state index is 0.117. The number of aromatic nitrogens is 2. The fraction of sp³-hybridized carbons (Fsp3) is 0.733. The molecule has 1 aliphatic carbocycles. The van der Waals surface area contributed by atoms with Crippen LogP contribution in [0.2, 0.25) is 0 Å². The van der Waals surface area contributed by atoms with Crippen LogP contribution in [-0.2, 0) is 4.79 Å². The number of nitrogens with one attached hydrogen (secondary N) is 2. The lowest BCUT2D eigenvalue weighted by Crippen LogP contribution is -2.23. The van der Waals surface area contributed by atoms with E-state index in [0.717, 1.165) is 18.6 Å². The average molecular weight is 293 g/mol. The van der Waals surface area contributed by atoms with Crippen LogP contribution in [0.25, 0.3) is 0 Å². The third-order valence-corrected chi connectivity index (χ3v) is 5.74. The van der Waals surface area contributed by atoms with Gasteiger partial charge in [0.05, 0.1) is 5.25 Å². The lowest BCUT2D eigenvalue weighted by molar-refractivity contribution is -0.115. The summed E-state index contributed by atoms with van der Waals surface area (Å²) in [5.74, 6) is 2.51. The maximum Gasteiger partial charge on any atom is 0.238 e. The van der Waals surface area contributed by atoms with E-state index >= 15 is 0 Å². The van der Waals surface area contributed by atoms with Gasteiger partial charge in [-0.2, -0.15) is 5.10 Å². The first-order valence-electron chi connectivity index (χ1n) is 7.81. The van der Waals surface area contributed by atoms with Crippen molar-refractivity contribution in [3.05, 3.63) is 11.8 Å². The molecule has 1 aliphatic heterocycles. The molecule has 0 aromatic carbocycles. The second-order valence-corrected chi connectivity index (χ2v) is 7.20. The van der Waals surface area contributed by atoms with Crippen molar-refractivity contribution in [2.24, 2.45) is 0 Å². The topological polar surface area (TPSA) is 57.8 Å². The zero-order chi connectivity index (χ0) is 13.8. The van der Waals surface area contributed by atoms with Crippen LogP contribution in [0.4, 0.5) is 5.82 Å². The first-order valence-corrected chi connectivity index (χ1v) is 8.85. The fourth-order valence-corrected chi connectivity index (χ4v) is 4.35. The van der Waals surface area contributed by atoms with Gasteiger partial charge in [0.25, 0.3) is 0 Å². The molecule has 2 N–H and O–H groups in total. The van der Waals surface area contributed by atoms with Gasteiger partial charge in [-0.15, -0.1) is 11.8 Å². The van der Waals surface area contributed by atoms with E-state index in [1.54, 1.807) is 11.8 Å². The van der Waals surface area contributed by atoms with Crippen LogP contribution in [0.1, 0.15) is 63.0 Å². The van der Waals surface area contributed by atoms with Crippen molar-refractivity contribution < 1.29 is 4.79 Å². The second-order valence-electron chi connectivity index (χ2n) is 5.89. The first kappa shape index (κ1) is 14.0. The van der Waals surface area contributed by atoms with Crippen LogP contribution in [0.15, 0.2) is 6.07 Å². The molecule has 2 aliphatic rings. The summed E-state index contributed by atoms with van der Waals surface area (Å²) in [4.78, 5) is 12.1. The maximum absolute atomic E-state index is 12.1. The van der Waals surface area contributed by atoms with Crippen LogP contribution < -0.4 is 5.32 Å². The molecular formula is C15H23N3OS. The lowest BCUT2D eigenvalue weighted by atomic mass is 9.97. The van der Waals surface area contributed by atoms with Crippen LogP contribution in [0.3, 0.4) is 0 Å². The number of amides is 1. The number of rotatable bonds is 3. The Morgan fingerprint density at radius 1 is 1.20 bits per heavy atom. The summed E-state index contributed by atoms with van der Waals surface area (Å²) in [7, 11) is 0. The number of hydrogen-bond acceptors (Lipinski definition) is 3. The molecule has 0 spiro atoms. The molecular weight excluding hydrogens is 270 g/mol. The Bertz CT molecular complexity index is 446. The predicted molar refractivity (Wildman–Crippen MR) is 83.1 cm³/mol. The molecule has 2 fully saturated rings. The molecule has 1 amide bonds. The van der Waals surface area contributed by atoms with Gasteiger partial charge < -0.3 is 5.32 Å². The van der Waals surface area contributed by atoms with Crippen LogP contribution >= 0.6 is 11.8 Å². The number of aromatic amines is 1. The van der Waals surface area contributed by atoms with E-state index in [-0.39, 0.29) is 11.2 Å². The number of nitrogens with zero attached hydrogens (tertiary/aromatic N) is 1. The van der Waals surface area contributed by atoms with Crippen LogP contribution in [0, 0.1) is 0 Å². The van der Waals surface area contributed by atoms with Crippen LogP contribution in [-0.4, -0.2) is 27.1 Å². The summed E-state index contributed by atoms with van der Waals surface area (Å²) in [5.41, 5.74) is 1.20. The standard InChI is InChI=1S/C15H23N3OS/c19-15(13-8-5-9-20-13)16-14-10-12(17-18-14)11-6-3-1-2-4-7-11/h10-11,13H,1-9H2,(H2,16,17,18,19).